The molecule has 0 heterocycles. The van der Waals surface area contributed by atoms with E-state index in [4.69, 9.17) is 9.47 Å². The van der Waals surface area contributed by atoms with Crippen LogP contribution in [-0.2, 0) is 19.1 Å². The van der Waals surface area contributed by atoms with Gasteiger partial charge < -0.3 is 9.47 Å². The molecule has 4 heteroatoms. The molecule has 0 amide bonds. The highest BCUT2D eigenvalue weighted by molar-refractivity contribution is 5.74. The molecule has 0 aromatic carbocycles. The third-order valence-electron chi connectivity index (χ3n) is 2.61. The minimum Gasteiger partial charge on any atom is -0.466 e. The van der Waals surface area contributed by atoms with Gasteiger partial charge in [-0.1, -0.05) is 6.42 Å². The molecule has 1 saturated carbocycles. The Bertz CT molecular complexity index is 237. The van der Waals surface area contributed by atoms with Gasteiger partial charge in [-0.15, -0.1) is 0 Å². The first-order chi connectivity index (χ1) is 7.15. The van der Waals surface area contributed by atoms with Crippen LogP contribution in [0.3, 0.4) is 0 Å². The summed E-state index contributed by atoms with van der Waals surface area (Å²) in [5.41, 5.74) is 0. The van der Waals surface area contributed by atoms with Crippen LogP contribution in [0.1, 0.15) is 39.5 Å². The molecule has 0 aromatic heterocycles. The van der Waals surface area contributed by atoms with Gasteiger partial charge in [0.25, 0.3) is 0 Å². The van der Waals surface area contributed by atoms with E-state index in [1.54, 1.807) is 6.92 Å². The molecular formula is C11H18O4. The van der Waals surface area contributed by atoms with E-state index in [9.17, 15) is 9.59 Å². The Labute approximate surface area is 89.9 Å². The fourth-order valence-corrected chi connectivity index (χ4v) is 1.97. The molecule has 0 saturated heterocycles. The molecule has 1 aliphatic rings. The Morgan fingerprint density at radius 2 is 1.93 bits per heavy atom. The van der Waals surface area contributed by atoms with Crippen LogP contribution in [0, 0.1) is 5.92 Å². The van der Waals surface area contributed by atoms with Crippen LogP contribution in [-0.4, -0.2) is 24.6 Å². The minimum atomic E-state index is -0.323. The van der Waals surface area contributed by atoms with E-state index in [-0.39, 0.29) is 24.0 Å². The van der Waals surface area contributed by atoms with Crippen molar-refractivity contribution in [3.8, 4) is 0 Å². The molecule has 1 rings (SSSR count). The fourth-order valence-electron chi connectivity index (χ4n) is 1.97. The summed E-state index contributed by atoms with van der Waals surface area (Å²) >= 11 is 0. The molecule has 15 heavy (non-hydrogen) atoms. The highest BCUT2D eigenvalue weighted by Gasteiger charge is 2.34. The lowest BCUT2D eigenvalue weighted by atomic mass is 9.86. The van der Waals surface area contributed by atoms with Crippen molar-refractivity contribution in [3.05, 3.63) is 0 Å². The van der Waals surface area contributed by atoms with E-state index in [0.717, 1.165) is 25.7 Å². The molecule has 2 atom stereocenters. The van der Waals surface area contributed by atoms with E-state index < -0.39 is 0 Å². The monoisotopic (exact) mass is 214 g/mol. The maximum Gasteiger partial charge on any atom is 0.312 e. The number of rotatable bonds is 3. The number of carbonyl (C=O) groups excluding carboxylic acids is 2. The van der Waals surface area contributed by atoms with Crippen LogP contribution in [0.2, 0.25) is 0 Å². The molecule has 0 N–H and O–H groups in total. The number of carbonyl (C=O) groups is 2. The molecule has 4 nitrogen and oxygen atoms in total. The number of hydrogen-bond acceptors (Lipinski definition) is 4. The lowest BCUT2D eigenvalue weighted by Gasteiger charge is -2.28. The summed E-state index contributed by atoms with van der Waals surface area (Å²) in [6, 6.07) is 0. The van der Waals surface area contributed by atoms with Crippen molar-refractivity contribution in [2.24, 2.45) is 5.92 Å². The molecule has 0 aromatic rings. The number of hydrogen-bond donors (Lipinski definition) is 0. The van der Waals surface area contributed by atoms with Gasteiger partial charge in [0.2, 0.25) is 0 Å². The van der Waals surface area contributed by atoms with Crippen molar-refractivity contribution >= 4 is 11.9 Å². The highest BCUT2D eigenvalue weighted by Crippen LogP contribution is 2.28. The van der Waals surface area contributed by atoms with Crippen LogP contribution in [0.5, 0.6) is 0 Å². The number of esters is 2. The maximum atomic E-state index is 11.6. The van der Waals surface area contributed by atoms with Crippen LogP contribution in [0.15, 0.2) is 0 Å². The fraction of sp³-hybridized carbons (Fsp3) is 0.818. The molecule has 0 bridgehead atoms. The topological polar surface area (TPSA) is 52.6 Å². The summed E-state index contributed by atoms with van der Waals surface area (Å²) in [5, 5.41) is 0. The predicted octanol–water partition coefficient (Wildman–Crippen LogP) is 1.67. The van der Waals surface area contributed by atoms with Gasteiger partial charge in [0, 0.05) is 6.92 Å². The summed E-state index contributed by atoms with van der Waals surface area (Å²) in [5.74, 6) is -0.817. The zero-order chi connectivity index (χ0) is 11.3. The van der Waals surface area contributed by atoms with Gasteiger partial charge in [0.1, 0.15) is 6.10 Å². The molecule has 2 unspecified atom stereocenters. The lowest BCUT2D eigenvalue weighted by molar-refractivity contribution is -0.162. The third kappa shape index (κ3) is 3.53. The summed E-state index contributed by atoms with van der Waals surface area (Å²) < 4.78 is 10.1. The number of ether oxygens (including phenoxy) is 2. The van der Waals surface area contributed by atoms with Crippen LogP contribution in [0.4, 0.5) is 0 Å². The second kappa shape index (κ2) is 5.73. The largest absolute Gasteiger partial charge is 0.466 e. The van der Waals surface area contributed by atoms with Gasteiger partial charge in [-0.25, -0.2) is 0 Å². The average molecular weight is 214 g/mol. The molecule has 1 aliphatic carbocycles. The molecule has 0 spiro atoms. The zero-order valence-corrected chi connectivity index (χ0v) is 9.32. The van der Waals surface area contributed by atoms with Crippen molar-refractivity contribution in [2.45, 2.75) is 45.6 Å². The first-order valence-electron chi connectivity index (χ1n) is 5.49. The van der Waals surface area contributed by atoms with Gasteiger partial charge in [-0.2, -0.15) is 0 Å². The van der Waals surface area contributed by atoms with Crippen molar-refractivity contribution in [1.82, 2.24) is 0 Å². The van der Waals surface area contributed by atoms with Crippen molar-refractivity contribution in [3.63, 3.8) is 0 Å². The van der Waals surface area contributed by atoms with Gasteiger partial charge >= 0.3 is 11.9 Å². The van der Waals surface area contributed by atoms with Gasteiger partial charge in [0.05, 0.1) is 12.5 Å². The Hall–Kier alpha value is -1.06. The summed E-state index contributed by atoms with van der Waals surface area (Å²) in [6.07, 6.45) is 3.25. The average Bonchev–Trinajstić information content (AvgIpc) is 2.18. The van der Waals surface area contributed by atoms with E-state index in [2.05, 4.69) is 0 Å². The first-order valence-corrected chi connectivity index (χ1v) is 5.49. The van der Waals surface area contributed by atoms with Crippen LogP contribution >= 0.6 is 0 Å². The minimum absolute atomic E-state index is 0.233. The summed E-state index contributed by atoms with van der Waals surface area (Å²) in [7, 11) is 0. The third-order valence-corrected chi connectivity index (χ3v) is 2.61. The molecule has 86 valence electrons. The Morgan fingerprint density at radius 3 is 2.53 bits per heavy atom. The molecular weight excluding hydrogens is 196 g/mol. The van der Waals surface area contributed by atoms with Crippen molar-refractivity contribution in [2.75, 3.05) is 6.61 Å². The van der Waals surface area contributed by atoms with Crippen molar-refractivity contribution in [1.29, 1.82) is 0 Å². The van der Waals surface area contributed by atoms with E-state index in [1.807, 2.05) is 0 Å². The Kier molecular flexibility index (Phi) is 4.59. The van der Waals surface area contributed by atoms with E-state index in [1.165, 1.54) is 6.92 Å². The van der Waals surface area contributed by atoms with Crippen LogP contribution < -0.4 is 0 Å². The molecule has 0 radical (unpaired) electrons. The predicted molar refractivity (Wildman–Crippen MR) is 54.1 cm³/mol. The van der Waals surface area contributed by atoms with Crippen molar-refractivity contribution < 1.29 is 19.1 Å². The summed E-state index contributed by atoms with van der Waals surface area (Å²) in [6.45, 7) is 3.53. The second-order valence-electron chi connectivity index (χ2n) is 3.79. The van der Waals surface area contributed by atoms with E-state index >= 15 is 0 Å². The Balaban J connectivity index is 2.56. The second-order valence-corrected chi connectivity index (χ2v) is 3.79. The normalized spacial score (nSPS) is 25.7. The zero-order valence-electron chi connectivity index (χ0n) is 9.32. The Morgan fingerprint density at radius 1 is 1.27 bits per heavy atom. The lowest BCUT2D eigenvalue weighted by Crippen LogP contribution is -2.35. The SMILES string of the molecule is CCOC(=O)C1CCCCC1OC(C)=O. The van der Waals surface area contributed by atoms with Gasteiger partial charge in [0.15, 0.2) is 0 Å². The highest BCUT2D eigenvalue weighted by atomic mass is 16.6. The molecule has 0 aliphatic heterocycles. The quantitative estimate of drug-likeness (QED) is 0.670. The summed E-state index contributed by atoms with van der Waals surface area (Å²) in [4.78, 5) is 22.4. The van der Waals surface area contributed by atoms with Crippen LogP contribution in [0.25, 0.3) is 0 Å². The standard InChI is InChI=1S/C11H18O4/c1-3-14-11(13)9-6-4-5-7-10(9)15-8(2)12/h9-10H,3-7H2,1-2H3. The van der Waals surface area contributed by atoms with Gasteiger partial charge in [-0.05, 0) is 26.2 Å². The maximum absolute atomic E-state index is 11.6. The first kappa shape index (κ1) is 12.0. The smallest absolute Gasteiger partial charge is 0.312 e. The van der Waals surface area contributed by atoms with E-state index in [0.29, 0.717) is 6.61 Å². The van der Waals surface area contributed by atoms with Gasteiger partial charge in [-0.3, -0.25) is 9.59 Å². The molecule has 1 fully saturated rings.